The third-order valence-corrected chi connectivity index (χ3v) is 8.40. The summed E-state index contributed by atoms with van der Waals surface area (Å²) in [6.45, 7) is 1.63. The molecule has 14 heteroatoms. The Hall–Kier alpha value is -3.88. The first-order valence-corrected chi connectivity index (χ1v) is 15.1. The van der Waals surface area contributed by atoms with Crippen molar-refractivity contribution in [1.82, 2.24) is 9.55 Å². The first kappa shape index (κ1) is 28.1. The van der Waals surface area contributed by atoms with Gasteiger partial charge in [0, 0.05) is 10.9 Å². The highest BCUT2D eigenvalue weighted by Gasteiger charge is 2.22. The molecule has 0 aliphatic carbocycles. The normalized spacial score (nSPS) is 11.9. The number of anilines is 1. The van der Waals surface area contributed by atoms with Gasteiger partial charge in [-0.25, -0.2) is 13.4 Å². The van der Waals surface area contributed by atoms with Crippen LogP contribution in [0.2, 0.25) is 0 Å². The molecule has 0 fully saturated rings. The van der Waals surface area contributed by atoms with Gasteiger partial charge in [-0.3, -0.25) is 14.4 Å². The first-order chi connectivity index (χ1) is 18.7. The average Bonchev–Trinajstić information content (AvgIpc) is 3.48. The van der Waals surface area contributed by atoms with Gasteiger partial charge in [-0.15, -0.1) is 11.3 Å². The van der Waals surface area contributed by atoms with E-state index >= 15 is 0 Å². The molecule has 1 N–H and O–H groups in total. The molecular weight excluding hydrogens is 564 g/mol. The first-order valence-electron chi connectivity index (χ1n) is 11.6. The summed E-state index contributed by atoms with van der Waals surface area (Å²) in [7, 11) is -2.64. The number of aromatic nitrogens is 2. The van der Waals surface area contributed by atoms with Crippen LogP contribution < -0.4 is 14.9 Å². The molecule has 0 atom stereocenters. The van der Waals surface area contributed by atoms with Crippen molar-refractivity contribution in [3.63, 3.8) is 0 Å². The van der Waals surface area contributed by atoms with Gasteiger partial charge < -0.3 is 19.4 Å². The van der Waals surface area contributed by atoms with Crippen LogP contribution in [0.25, 0.3) is 21.5 Å². The summed E-state index contributed by atoms with van der Waals surface area (Å²) in [5.41, 5.74) is 2.10. The molecule has 4 aromatic rings. The van der Waals surface area contributed by atoms with Crippen LogP contribution in [-0.2, 0) is 35.5 Å². The number of esters is 1. The van der Waals surface area contributed by atoms with Crippen LogP contribution >= 0.6 is 22.7 Å². The summed E-state index contributed by atoms with van der Waals surface area (Å²) in [6, 6.07) is 14.4. The molecule has 0 unspecified atom stereocenters. The molecule has 0 bridgehead atoms. The van der Waals surface area contributed by atoms with Gasteiger partial charge in [0.15, 0.2) is 19.8 Å². The van der Waals surface area contributed by atoms with E-state index in [4.69, 9.17) is 9.47 Å². The van der Waals surface area contributed by atoms with E-state index in [9.17, 15) is 22.8 Å². The number of hydrogen-bond donors (Lipinski definition) is 1. The minimum absolute atomic E-state index is 0.118. The van der Waals surface area contributed by atoms with Crippen LogP contribution in [0.4, 0.5) is 5.13 Å². The molecule has 11 nitrogen and oxygen atoms in total. The van der Waals surface area contributed by atoms with Crippen molar-refractivity contribution < 1.29 is 32.3 Å². The van der Waals surface area contributed by atoms with Gasteiger partial charge in [0.05, 0.1) is 29.6 Å². The zero-order valence-electron chi connectivity index (χ0n) is 20.9. The molecule has 2 heterocycles. The number of ether oxygens (including phenoxy) is 2. The Morgan fingerprint density at radius 1 is 1.10 bits per heavy atom. The molecule has 0 saturated carbocycles. The largest absolute Gasteiger partial charge is 0.497 e. The molecule has 0 aliphatic rings. The highest BCUT2D eigenvalue weighted by Crippen LogP contribution is 2.25. The van der Waals surface area contributed by atoms with Gasteiger partial charge in [-0.1, -0.05) is 41.7 Å². The van der Waals surface area contributed by atoms with E-state index in [-0.39, 0.29) is 23.1 Å². The number of benzene rings is 2. The maximum atomic E-state index is 12.7. The molecule has 2 aromatic heterocycles. The second-order valence-corrected chi connectivity index (χ2v) is 12.0. The topological polar surface area (TPSA) is 146 Å². The Balaban J connectivity index is 1.48. The molecule has 0 spiro atoms. The highest BCUT2D eigenvalue weighted by atomic mass is 32.2. The van der Waals surface area contributed by atoms with Crippen LogP contribution in [0.1, 0.15) is 6.92 Å². The van der Waals surface area contributed by atoms with E-state index in [1.807, 2.05) is 30.3 Å². The standard InChI is InChI=1S/C25H24N4O7S3/c1-3-36-23(32)12-29-19-10-9-17(35-2)11-20(19)38-25(29)28-22(31)15-39(33,34)14-21(30)27-24-26-18(13-37-24)16-7-5-4-6-8-16/h4-11,13H,3,12,14-15H2,1-2H3,(H,26,27,30). The maximum Gasteiger partial charge on any atom is 0.326 e. The predicted octanol–water partition coefficient (Wildman–Crippen LogP) is 2.88. The fourth-order valence-electron chi connectivity index (χ4n) is 3.56. The van der Waals surface area contributed by atoms with Gasteiger partial charge in [-0.05, 0) is 25.1 Å². The van der Waals surface area contributed by atoms with Crippen molar-refractivity contribution in [2.45, 2.75) is 13.5 Å². The third kappa shape index (κ3) is 7.37. The van der Waals surface area contributed by atoms with Crippen LogP contribution in [0.3, 0.4) is 0 Å². The van der Waals surface area contributed by atoms with Crippen LogP contribution in [0, 0.1) is 0 Å². The lowest BCUT2D eigenvalue weighted by atomic mass is 10.2. The second-order valence-electron chi connectivity index (χ2n) is 8.10. The molecule has 0 aliphatic heterocycles. The Bertz CT molecular complexity index is 1690. The number of carbonyl (C=O) groups excluding carboxylic acids is 3. The number of amides is 2. The summed E-state index contributed by atoms with van der Waals surface area (Å²) in [5.74, 6) is -3.66. The highest BCUT2D eigenvalue weighted by molar-refractivity contribution is 7.92. The molecule has 204 valence electrons. The molecule has 0 saturated heterocycles. The number of carbonyl (C=O) groups is 3. The van der Waals surface area contributed by atoms with Crippen molar-refractivity contribution in [3.8, 4) is 17.0 Å². The predicted molar refractivity (Wildman–Crippen MR) is 148 cm³/mol. The van der Waals surface area contributed by atoms with E-state index < -0.39 is 39.1 Å². The van der Waals surface area contributed by atoms with E-state index in [0.717, 1.165) is 28.2 Å². The van der Waals surface area contributed by atoms with Crippen LogP contribution in [0.15, 0.2) is 58.9 Å². The van der Waals surface area contributed by atoms with Crippen molar-refractivity contribution >= 4 is 65.6 Å². The number of nitrogens with one attached hydrogen (secondary N) is 1. The minimum atomic E-state index is -4.15. The fourth-order valence-corrected chi connectivity index (χ4v) is 6.39. The van der Waals surface area contributed by atoms with E-state index in [0.29, 0.717) is 21.7 Å². The molecule has 2 amide bonds. The smallest absolute Gasteiger partial charge is 0.326 e. The third-order valence-electron chi connectivity index (χ3n) is 5.22. The monoisotopic (exact) mass is 588 g/mol. The lowest BCUT2D eigenvalue weighted by Gasteiger charge is -2.06. The number of methoxy groups -OCH3 is 1. The molecule has 4 rings (SSSR count). The Morgan fingerprint density at radius 3 is 2.59 bits per heavy atom. The number of nitrogens with zero attached hydrogens (tertiary/aromatic N) is 3. The quantitative estimate of drug-likeness (QED) is 0.278. The number of thiazole rings is 2. The van der Waals surface area contributed by atoms with Crippen molar-refractivity contribution in [3.05, 3.63) is 58.7 Å². The summed E-state index contributed by atoms with van der Waals surface area (Å²) >= 11 is 2.25. The Morgan fingerprint density at radius 2 is 1.87 bits per heavy atom. The van der Waals surface area contributed by atoms with Gasteiger partial charge in [0.2, 0.25) is 5.91 Å². The SMILES string of the molecule is CCOC(=O)Cn1c(=NC(=O)CS(=O)(=O)CC(=O)Nc2nc(-c3ccccc3)cs2)sc2cc(OC)ccc21. The van der Waals surface area contributed by atoms with Crippen molar-refractivity contribution in [2.24, 2.45) is 4.99 Å². The van der Waals surface area contributed by atoms with Crippen molar-refractivity contribution in [1.29, 1.82) is 0 Å². The molecule has 2 aromatic carbocycles. The number of rotatable bonds is 10. The van der Waals surface area contributed by atoms with Gasteiger partial charge in [0.25, 0.3) is 5.91 Å². The van der Waals surface area contributed by atoms with Crippen molar-refractivity contribution in [2.75, 3.05) is 30.5 Å². The zero-order valence-corrected chi connectivity index (χ0v) is 23.4. The van der Waals surface area contributed by atoms with E-state index in [1.165, 1.54) is 11.7 Å². The van der Waals surface area contributed by atoms with Crippen LogP contribution in [-0.4, -0.2) is 61.0 Å². The summed E-state index contributed by atoms with van der Waals surface area (Å²) in [6.07, 6.45) is 0. The summed E-state index contributed by atoms with van der Waals surface area (Å²) in [4.78, 5) is 45.6. The van der Waals surface area contributed by atoms with Crippen LogP contribution in [0.5, 0.6) is 5.75 Å². The lowest BCUT2D eigenvalue weighted by Crippen LogP contribution is -2.28. The second kappa shape index (κ2) is 12.3. The summed E-state index contributed by atoms with van der Waals surface area (Å²) < 4.78 is 37.6. The lowest BCUT2D eigenvalue weighted by molar-refractivity contribution is -0.143. The van der Waals surface area contributed by atoms with Gasteiger partial charge in [-0.2, -0.15) is 4.99 Å². The van der Waals surface area contributed by atoms with Gasteiger partial charge >= 0.3 is 5.97 Å². The minimum Gasteiger partial charge on any atom is -0.497 e. The Labute approximate surface area is 231 Å². The van der Waals surface area contributed by atoms with E-state index in [1.54, 1.807) is 30.5 Å². The zero-order chi connectivity index (χ0) is 28.0. The number of hydrogen-bond acceptors (Lipinski definition) is 10. The van der Waals surface area contributed by atoms with Gasteiger partial charge in [0.1, 0.15) is 23.8 Å². The molecular formula is C25H24N4O7S3. The average molecular weight is 589 g/mol. The fraction of sp³-hybridized carbons (Fsp3) is 0.240. The Kier molecular flexibility index (Phi) is 8.89. The number of fused-ring (bicyclic) bond motifs is 1. The van der Waals surface area contributed by atoms with E-state index in [2.05, 4.69) is 15.3 Å². The maximum absolute atomic E-state index is 12.7. The molecule has 39 heavy (non-hydrogen) atoms. The molecule has 0 radical (unpaired) electrons. The summed E-state index contributed by atoms with van der Waals surface area (Å²) in [5, 5.41) is 4.45. The number of sulfone groups is 1.